The molecule has 0 amide bonds. The van der Waals surface area contributed by atoms with Crippen LogP contribution in [0.2, 0.25) is 0 Å². The number of aromatic nitrogens is 1. The molecule has 0 radical (unpaired) electrons. The zero-order valence-corrected chi connectivity index (χ0v) is 9.89. The maximum absolute atomic E-state index is 8.89. The van der Waals surface area contributed by atoms with Crippen LogP contribution in [0.5, 0.6) is 0 Å². The Morgan fingerprint density at radius 2 is 2.38 bits per heavy atom. The van der Waals surface area contributed by atoms with Crippen LogP contribution in [0.25, 0.3) is 0 Å². The lowest BCUT2D eigenvalue weighted by molar-refractivity contribution is 0.279. The van der Waals surface area contributed by atoms with E-state index in [1.165, 1.54) is 12.8 Å². The fourth-order valence-corrected chi connectivity index (χ4v) is 2.45. The van der Waals surface area contributed by atoms with Crippen molar-refractivity contribution < 1.29 is 5.11 Å². The second-order valence-corrected chi connectivity index (χ2v) is 4.49. The van der Waals surface area contributed by atoms with Crippen molar-refractivity contribution >= 4 is 5.82 Å². The molecule has 1 aromatic rings. The lowest BCUT2D eigenvalue weighted by atomic mass is 10.1. The van der Waals surface area contributed by atoms with E-state index >= 15 is 0 Å². The molecule has 1 aliphatic rings. The van der Waals surface area contributed by atoms with Gasteiger partial charge in [0.05, 0.1) is 0 Å². The number of hydrogen-bond donors (Lipinski definition) is 1. The van der Waals surface area contributed by atoms with Gasteiger partial charge in [0.2, 0.25) is 0 Å². The Hall–Kier alpha value is -1.09. The van der Waals surface area contributed by atoms with Crippen LogP contribution in [-0.2, 0) is 0 Å². The highest BCUT2D eigenvalue weighted by molar-refractivity contribution is 5.41. The third kappa shape index (κ3) is 2.53. The lowest BCUT2D eigenvalue weighted by Crippen LogP contribution is -2.30. The van der Waals surface area contributed by atoms with Crippen molar-refractivity contribution in [1.82, 2.24) is 4.98 Å². The summed E-state index contributed by atoms with van der Waals surface area (Å²) in [6.07, 6.45) is 4.44. The topological polar surface area (TPSA) is 36.4 Å². The van der Waals surface area contributed by atoms with E-state index in [1.807, 2.05) is 13.0 Å². The molecule has 2 rings (SSSR count). The molecule has 1 fully saturated rings. The number of nitrogens with zero attached hydrogens (tertiary/aromatic N) is 2. The van der Waals surface area contributed by atoms with Crippen LogP contribution in [0, 0.1) is 6.92 Å². The normalized spacial score (nSPS) is 20.4. The molecule has 1 aliphatic heterocycles. The van der Waals surface area contributed by atoms with Gasteiger partial charge in [-0.1, -0.05) is 6.07 Å². The highest BCUT2D eigenvalue weighted by Gasteiger charge is 2.24. The zero-order chi connectivity index (χ0) is 11.4. The van der Waals surface area contributed by atoms with Crippen LogP contribution in [0.3, 0.4) is 0 Å². The van der Waals surface area contributed by atoms with Gasteiger partial charge in [-0.3, -0.25) is 0 Å². The lowest BCUT2D eigenvalue weighted by Gasteiger charge is -2.25. The van der Waals surface area contributed by atoms with E-state index in [4.69, 9.17) is 5.11 Å². The predicted molar refractivity (Wildman–Crippen MR) is 65.7 cm³/mol. The van der Waals surface area contributed by atoms with Crippen molar-refractivity contribution in [2.75, 3.05) is 18.1 Å². The van der Waals surface area contributed by atoms with Gasteiger partial charge in [-0.2, -0.15) is 0 Å². The smallest absolute Gasteiger partial charge is 0.129 e. The number of pyridine rings is 1. The molecule has 2 heterocycles. The van der Waals surface area contributed by atoms with Crippen molar-refractivity contribution in [3.05, 3.63) is 23.9 Å². The van der Waals surface area contributed by atoms with Crippen LogP contribution in [-0.4, -0.2) is 29.3 Å². The molecule has 1 unspecified atom stereocenters. The summed E-state index contributed by atoms with van der Waals surface area (Å²) in [5.41, 5.74) is 1.07. The number of anilines is 1. The fourth-order valence-electron chi connectivity index (χ4n) is 2.45. The zero-order valence-electron chi connectivity index (χ0n) is 9.89. The summed E-state index contributed by atoms with van der Waals surface area (Å²) in [6.45, 7) is 3.43. The van der Waals surface area contributed by atoms with E-state index < -0.39 is 0 Å². The highest BCUT2D eigenvalue weighted by Crippen LogP contribution is 2.26. The largest absolute Gasteiger partial charge is 0.396 e. The van der Waals surface area contributed by atoms with Gasteiger partial charge in [0, 0.05) is 24.9 Å². The summed E-state index contributed by atoms with van der Waals surface area (Å²) in [7, 11) is 0. The third-order valence-electron chi connectivity index (χ3n) is 3.24. The first kappa shape index (κ1) is 11.4. The molecule has 0 saturated carbocycles. The van der Waals surface area contributed by atoms with E-state index in [0.29, 0.717) is 12.6 Å². The van der Waals surface area contributed by atoms with Gasteiger partial charge in [0.15, 0.2) is 0 Å². The van der Waals surface area contributed by atoms with E-state index in [-0.39, 0.29) is 0 Å². The first-order valence-corrected chi connectivity index (χ1v) is 6.12. The van der Waals surface area contributed by atoms with E-state index in [1.54, 1.807) is 0 Å². The Morgan fingerprint density at radius 1 is 1.50 bits per heavy atom. The van der Waals surface area contributed by atoms with Crippen LogP contribution in [0.1, 0.15) is 31.4 Å². The third-order valence-corrected chi connectivity index (χ3v) is 3.24. The minimum atomic E-state index is 0.297. The molecule has 1 atom stereocenters. The van der Waals surface area contributed by atoms with Crippen molar-refractivity contribution in [3.63, 3.8) is 0 Å². The molecule has 0 bridgehead atoms. The van der Waals surface area contributed by atoms with Gasteiger partial charge in [-0.05, 0) is 44.7 Å². The molecule has 1 N–H and O–H groups in total. The highest BCUT2D eigenvalue weighted by atomic mass is 16.2. The Bertz CT molecular complexity index is 340. The Balaban J connectivity index is 2.07. The number of aliphatic hydroxyl groups is 1. The Morgan fingerprint density at radius 3 is 3.12 bits per heavy atom. The number of aryl methyl sites for hydroxylation is 1. The second-order valence-electron chi connectivity index (χ2n) is 4.49. The van der Waals surface area contributed by atoms with Gasteiger partial charge in [-0.15, -0.1) is 0 Å². The van der Waals surface area contributed by atoms with Crippen molar-refractivity contribution in [2.45, 2.75) is 38.6 Å². The Labute approximate surface area is 97.1 Å². The van der Waals surface area contributed by atoms with E-state index in [2.05, 4.69) is 22.0 Å². The molecular formula is C13H20N2O. The van der Waals surface area contributed by atoms with Crippen LogP contribution < -0.4 is 4.90 Å². The number of aliphatic hydroxyl groups excluding tert-OH is 1. The quantitative estimate of drug-likeness (QED) is 0.844. The first-order chi connectivity index (χ1) is 7.81. The van der Waals surface area contributed by atoms with Crippen LogP contribution >= 0.6 is 0 Å². The van der Waals surface area contributed by atoms with Gasteiger partial charge >= 0.3 is 0 Å². The van der Waals surface area contributed by atoms with Gasteiger partial charge < -0.3 is 10.0 Å². The summed E-state index contributed by atoms with van der Waals surface area (Å²) < 4.78 is 0. The molecule has 0 aliphatic carbocycles. The molecular weight excluding hydrogens is 200 g/mol. The summed E-state index contributed by atoms with van der Waals surface area (Å²) in [6, 6.07) is 6.76. The molecule has 16 heavy (non-hydrogen) atoms. The SMILES string of the molecule is Cc1cccc(N2CCCC2CCCO)n1. The molecule has 0 aromatic carbocycles. The molecule has 88 valence electrons. The average Bonchev–Trinajstić information content (AvgIpc) is 2.74. The average molecular weight is 220 g/mol. The molecule has 1 aromatic heterocycles. The summed E-state index contributed by atoms with van der Waals surface area (Å²) >= 11 is 0. The molecule has 3 heteroatoms. The number of hydrogen-bond acceptors (Lipinski definition) is 3. The van der Waals surface area contributed by atoms with Crippen molar-refractivity contribution in [2.24, 2.45) is 0 Å². The van der Waals surface area contributed by atoms with E-state index in [0.717, 1.165) is 30.9 Å². The fraction of sp³-hybridized carbons (Fsp3) is 0.615. The Kier molecular flexibility index (Phi) is 3.78. The van der Waals surface area contributed by atoms with Crippen LogP contribution in [0.4, 0.5) is 5.82 Å². The monoisotopic (exact) mass is 220 g/mol. The maximum atomic E-state index is 8.89. The van der Waals surface area contributed by atoms with Gasteiger partial charge in [-0.25, -0.2) is 4.98 Å². The molecule has 1 saturated heterocycles. The maximum Gasteiger partial charge on any atom is 0.129 e. The predicted octanol–water partition coefficient (Wildman–Crippen LogP) is 2.13. The minimum Gasteiger partial charge on any atom is -0.396 e. The van der Waals surface area contributed by atoms with Crippen molar-refractivity contribution in [1.29, 1.82) is 0 Å². The van der Waals surface area contributed by atoms with E-state index in [9.17, 15) is 0 Å². The summed E-state index contributed by atoms with van der Waals surface area (Å²) in [5, 5.41) is 8.89. The number of rotatable bonds is 4. The van der Waals surface area contributed by atoms with Gasteiger partial charge in [0.25, 0.3) is 0 Å². The minimum absolute atomic E-state index is 0.297. The first-order valence-electron chi connectivity index (χ1n) is 6.12. The second kappa shape index (κ2) is 5.30. The molecule has 3 nitrogen and oxygen atoms in total. The summed E-state index contributed by atoms with van der Waals surface area (Å²) in [5.74, 6) is 1.10. The standard InChI is InChI=1S/C13H20N2O/c1-11-5-2-8-13(14-11)15-9-3-6-12(15)7-4-10-16/h2,5,8,12,16H,3-4,6-7,9-10H2,1H3. The van der Waals surface area contributed by atoms with Gasteiger partial charge in [0.1, 0.15) is 5.82 Å². The molecule has 0 spiro atoms. The van der Waals surface area contributed by atoms with Crippen molar-refractivity contribution in [3.8, 4) is 0 Å². The summed E-state index contributed by atoms with van der Waals surface area (Å²) in [4.78, 5) is 6.97. The van der Waals surface area contributed by atoms with Crippen LogP contribution in [0.15, 0.2) is 18.2 Å².